The number of rotatable bonds is 6. The second-order valence-corrected chi connectivity index (χ2v) is 5.81. The number of nitrogens with zero attached hydrogens (tertiary/aromatic N) is 1. The molecule has 0 aliphatic carbocycles. The number of carbonyl (C=O) groups excluding carboxylic acids is 2. The van der Waals surface area contributed by atoms with Gasteiger partial charge in [0.1, 0.15) is 17.9 Å². The van der Waals surface area contributed by atoms with Gasteiger partial charge in [-0.05, 0) is 24.6 Å². The van der Waals surface area contributed by atoms with E-state index in [-0.39, 0.29) is 46.0 Å². The maximum Gasteiger partial charge on any atom is 0.342 e. The SMILES string of the molecule is COC(=O)c1c(O)cc(C)c(C(=O)OCCCl)c1-c1ccccc1[N+](=O)[O-]. The van der Waals surface area contributed by atoms with Gasteiger partial charge in [0.05, 0.1) is 29.0 Å². The quantitative estimate of drug-likeness (QED) is 0.345. The molecule has 0 atom stereocenters. The number of esters is 2. The summed E-state index contributed by atoms with van der Waals surface area (Å²) < 4.78 is 9.75. The maximum atomic E-state index is 12.6. The molecule has 0 bridgehead atoms. The zero-order valence-electron chi connectivity index (χ0n) is 14.5. The van der Waals surface area contributed by atoms with E-state index in [2.05, 4.69) is 0 Å². The molecule has 0 amide bonds. The van der Waals surface area contributed by atoms with E-state index in [1.807, 2.05) is 0 Å². The average molecular weight is 394 g/mol. The van der Waals surface area contributed by atoms with E-state index < -0.39 is 22.6 Å². The van der Waals surface area contributed by atoms with Crippen LogP contribution in [0.2, 0.25) is 0 Å². The van der Waals surface area contributed by atoms with E-state index in [1.54, 1.807) is 0 Å². The molecule has 2 rings (SSSR count). The first kappa shape index (κ1) is 20.2. The second-order valence-electron chi connectivity index (χ2n) is 5.43. The van der Waals surface area contributed by atoms with E-state index in [0.29, 0.717) is 0 Å². The van der Waals surface area contributed by atoms with Crippen LogP contribution in [0.25, 0.3) is 11.1 Å². The zero-order chi connectivity index (χ0) is 20.1. The van der Waals surface area contributed by atoms with E-state index in [0.717, 1.165) is 7.11 Å². The number of carbonyl (C=O) groups is 2. The monoisotopic (exact) mass is 393 g/mol. The molecule has 0 aromatic heterocycles. The highest BCUT2D eigenvalue weighted by Crippen LogP contribution is 2.40. The van der Waals surface area contributed by atoms with Crippen molar-refractivity contribution in [3.63, 3.8) is 0 Å². The molecular formula is C18H16ClNO7. The molecule has 9 heteroatoms. The van der Waals surface area contributed by atoms with Gasteiger partial charge >= 0.3 is 11.9 Å². The van der Waals surface area contributed by atoms with Gasteiger partial charge in [0.2, 0.25) is 0 Å². The fourth-order valence-corrected chi connectivity index (χ4v) is 2.77. The topological polar surface area (TPSA) is 116 Å². The Morgan fingerprint density at radius 3 is 2.48 bits per heavy atom. The third kappa shape index (κ3) is 4.01. The summed E-state index contributed by atoms with van der Waals surface area (Å²) in [5.74, 6) is -2.20. The molecule has 142 valence electrons. The molecule has 0 saturated carbocycles. The first-order valence-electron chi connectivity index (χ1n) is 7.75. The number of ether oxygens (including phenoxy) is 2. The zero-order valence-corrected chi connectivity index (χ0v) is 15.3. The number of para-hydroxylation sites is 1. The van der Waals surface area contributed by atoms with E-state index >= 15 is 0 Å². The minimum absolute atomic E-state index is 0.0280. The highest BCUT2D eigenvalue weighted by Gasteiger charge is 2.31. The Bertz CT molecular complexity index is 911. The number of phenolic OH excluding ortho intramolecular Hbond substituents is 1. The number of nitro groups is 1. The van der Waals surface area contributed by atoms with Crippen LogP contribution >= 0.6 is 11.6 Å². The summed E-state index contributed by atoms with van der Waals surface area (Å²) in [6, 6.07) is 6.75. The number of methoxy groups -OCH3 is 1. The highest BCUT2D eigenvalue weighted by molar-refractivity contribution is 6.18. The third-order valence-corrected chi connectivity index (χ3v) is 3.93. The van der Waals surface area contributed by atoms with Crippen LogP contribution in [0.15, 0.2) is 30.3 Å². The molecule has 0 saturated heterocycles. The van der Waals surface area contributed by atoms with Crippen LogP contribution in [-0.2, 0) is 9.47 Å². The van der Waals surface area contributed by atoms with Crippen LogP contribution < -0.4 is 0 Å². The van der Waals surface area contributed by atoms with Crippen LogP contribution in [0, 0.1) is 17.0 Å². The van der Waals surface area contributed by atoms with Crippen molar-refractivity contribution in [1.82, 2.24) is 0 Å². The Labute approximate surface area is 159 Å². The molecule has 0 spiro atoms. The van der Waals surface area contributed by atoms with Crippen molar-refractivity contribution in [1.29, 1.82) is 0 Å². The van der Waals surface area contributed by atoms with Gasteiger partial charge in [0, 0.05) is 11.6 Å². The molecule has 2 aromatic rings. The van der Waals surface area contributed by atoms with Crippen LogP contribution in [0.5, 0.6) is 5.75 Å². The predicted octanol–water partition coefficient (Wildman–Crippen LogP) is 3.46. The smallest absolute Gasteiger partial charge is 0.342 e. The lowest BCUT2D eigenvalue weighted by atomic mass is 9.89. The van der Waals surface area contributed by atoms with Gasteiger partial charge in [-0.1, -0.05) is 12.1 Å². The van der Waals surface area contributed by atoms with Gasteiger partial charge in [-0.3, -0.25) is 10.1 Å². The van der Waals surface area contributed by atoms with Gasteiger partial charge in [0.25, 0.3) is 5.69 Å². The summed E-state index contributed by atoms with van der Waals surface area (Å²) in [5.41, 5.74) is -0.694. The first-order chi connectivity index (χ1) is 12.8. The number of nitro benzene ring substituents is 1. The molecular weight excluding hydrogens is 378 g/mol. The Kier molecular flexibility index (Phi) is 6.36. The van der Waals surface area contributed by atoms with Gasteiger partial charge in [-0.25, -0.2) is 9.59 Å². The van der Waals surface area contributed by atoms with Crippen LogP contribution in [0.3, 0.4) is 0 Å². The summed E-state index contributed by atoms with van der Waals surface area (Å²) in [7, 11) is 1.09. The summed E-state index contributed by atoms with van der Waals surface area (Å²) in [4.78, 5) is 35.7. The lowest BCUT2D eigenvalue weighted by molar-refractivity contribution is -0.384. The fraction of sp³-hybridized carbons (Fsp3) is 0.222. The number of aromatic hydroxyl groups is 1. The lowest BCUT2D eigenvalue weighted by Gasteiger charge is -2.17. The van der Waals surface area contributed by atoms with Gasteiger partial charge in [-0.2, -0.15) is 0 Å². The standard InChI is InChI=1S/C18H16ClNO7/c1-10-9-13(21)16(17(22)26-2)15(14(10)18(23)27-8-7-19)11-5-3-4-6-12(11)20(24)25/h3-6,9,21H,7-8H2,1-2H3. The van der Waals surface area contributed by atoms with Gasteiger partial charge in [-0.15, -0.1) is 11.6 Å². The van der Waals surface area contributed by atoms with Crippen molar-refractivity contribution in [3.8, 4) is 16.9 Å². The normalized spacial score (nSPS) is 10.3. The summed E-state index contributed by atoms with van der Waals surface area (Å²) >= 11 is 5.55. The summed E-state index contributed by atoms with van der Waals surface area (Å²) in [6.07, 6.45) is 0. The van der Waals surface area contributed by atoms with Crippen LogP contribution in [-0.4, -0.2) is 41.6 Å². The van der Waals surface area contributed by atoms with Crippen molar-refractivity contribution in [2.75, 3.05) is 19.6 Å². The fourth-order valence-electron chi connectivity index (χ4n) is 2.69. The third-order valence-electron chi connectivity index (χ3n) is 3.78. The Hall–Kier alpha value is -3.13. The van der Waals surface area contributed by atoms with Crippen molar-refractivity contribution in [2.24, 2.45) is 0 Å². The largest absolute Gasteiger partial charge is 0.507 e. The van der Waals surface area contributed by atoms with E-state index in [1.165, 1.54) is 37.3 Å². The Morgan fingerprint density at radius 1 is 1.22 bits per heavy atom. The summed E-state index contributed by atoms with van der Waals surface area (Å²) in [5, 5.41) is 21.8. The van der Waals surface area contributed by atoms with Gasteiger partial charge < -0.3 is 14.6 Å². The first-order valence-corrected chi connectivity index (χ1v) is 8.28. The molecule has 0 heterocycles. The number of hydrogen-bond acceptors (Lipinski definition) is 7. The van der Waals surface area contributed by atoms with E-state index in [9.17, 15) is 24.8 Å². The minimum Gasteiger partial charge on any atom is -0.507 e. The highest BCUT2D eigenvalue weighted by atomic mass is 35.5. The van der Waals surface area contributed by atoms with Gasteiger partial charge in [0.15, 0.2) is 0 Å². The predicted molar refractivity (Wildman–Crippen MR) is 97.3 cm³/mol. The molecule has 0 unspecified atom stereocenters. The van der Waals surface area contributed by atoms with Crippen molar-refractivity contribution in [2.45, 2.75) is 6.92 Å². The molecule has 0 aliphatic heterocycles. The molecule has 1 N–H and O–H groups in total. The molecule has 8 nitrogen and oxygen atoms in total. The Balaban J connectivity index is 2.93. The number of hydrogen-bond donors (Lipinski definition) is 1. The van der Waals surface area contributed by atoms with E-state index in [4.69, 9.17) is 21.1 Å². The number of phenols is 1. The number of alkyl halides is 1. The molecule has 2 aromatic carbocycles. The summed E-state index contributed by atoms with van der Waals surface area (Å²) in [6.45, 7) is 1.42. The number of aryl methyl sites for hydroxylation is 1. The van der Waals surface area contributed by atoms with Crippen molar-refractivity contribution >= 4 is 29.2 Å². The number of halogens is 1. The van der Waals surface area contributed by atoms with Crippen molar-refractivity contribution < 1.29 is 29.1 Å². The molecule has 0 fully saturated rings. The second kappa shape index (κ2) is 8.50. The van der Waals surface area contributed by atoms with Crippen LogP contribution in [0.1, 0.15) is 26.3 Å². The van der Waals surface area contributed by atoms with Crippen LogP contribution in [0.4, 0.5) is 5.69 Å². The van der Waals surface area contributed by atoms with Crippen molar-refractivity contribution in [3.05, 3.63) is 57.1 Å². The number of benzene rings is 2. The molecule has 27 heavy (non-hydrogen) atoms. The lowest BCUT2D eigenvalue weighted by Crippen LogP contribution is -2.15. The molecule has 0 aliphatic rings. The minimum atomic E-state index is -0.952. The average Bonchev–Trinajstić information content (AvgIpc) is 2.64. The Morgan fingerprint density at radius 2 is 1.89 bits per heavy atom. The molecule has 0 radical (unpaired) electrons. The maximum absolute atomic E-state index is 12.6.